The molecule has 0 saturated heterocycles. The molecule has 0 aliphatic heterocycles. The highest BCUT2D eigenvalue weighted by molar-refractivity contribution is 9.10. The van der Waals surface area contributed by atoms with Crippen molar-refractivity contribution in [2.45, 2.75) is 13.8 Å². The molecule has 2 rings (SSSR count). The van der Waals surface area contributed by atoms with Crippen LogP contribution < -0.4 is 4.74 Å². The van der Waals surface area contributed by atoms with Gasteiger partial charge in [0.05, 0.1) is 12.2 Å². The topological polar surface area (TPSA) is 26.3 Å². The molecule has 0 aliphatic rings. The van der Waals surface area contributed by atoms with E-state index in [4.69, 9.17) is 16.3 Å². The minimum Gasteiger partial charge on any atom is -0.493 e. The van der Waals surface area contributed by atoms with Crippen LogP contribution in [0.4, 0.5) is 0 Å². The van der Waals surface area contributed by atoms with E-state index in [1.807, 2.05) is 19.9 Å². The number of ketones is 1. The Bertz CT molecular complexity index is 653. The number of halogens is 2. The average molecular weight is 354 g/mol. The van der Waals surface area contributed by atoms with Gasteiger partial charge in [0.25, 0.3) is 0 Å². The third kappa shape index (κ3) is 3.22. The summed E-state index contributed by atoms with van der Waals surface area (Å²) in [5.41, 5.74) is 2.03. The fourth-order valence-corrected chi connectivity index (χ4v) is 2.58. The molecule has 104 valence electrons. The first kappa shape index (κ1) is 15.1. The molecule has 0 radical (unpaired) electrons. The summed E-state index contributed by atoms with van der Waals surface area (Å²) in [6.45, 7) is 4.28. The maximum Gasteiger partial charge on any atom is 0.197 e. The largest absolute Gasteiger partial charge is 0.493 e. The fourth-order valence-electron chi connectivity index (χ4n) is 1.99. The van der Waals surface area contributed by atoms with Gasteiger partial charge in [-0.15, -0.1) is 0 Å². The van der Waals surface area contributed by atoms with E-state index in [1.165, 1.54) is 0 Å². The van der Waals surface area contributed by atoms with E-state index in [-0.39, 0.29) is 5.78 Å². The van der Waals surface area contributed by atoms with Crippen LogP contribution in [0.25, 0.3) is 0 Å². The monoisotopic (exact) mass is 352 g/mol. The van der Waals surface area contributed by atoms with E-state index in [2.05, 4.69) is 15.9 Å². The van der Waals surface area contributed by atoms with Crippen LogP contribution in [0, 0.1) is 6.92 Å². The molecular weight excluding hydrogens is 340 g/mol. The lowest BCUT2D eigenvalue weighted by molar-refractivity contribution is 0.103. The van der Waals surface area contributed by atoms with Gasteiger partial charge in [-0.05, 0) is 55.8 Å². The van der Waals surface area contributed by atoms with Gasteiger partial charge in [0, 0.05) is 15.1 Å². The number of carbonyl (C=O) groups is 1. The van der Waals surface area contributed by atoms with Crippen LogP contribution in [-0.4, -0.2) is 12.4 Å². The lowest BCUT2D eigenvalue weighted by Crippen LogP contribution is -2.07. The molecule has 0 unspecified atom stereocenters. The predicted molar refractivity (Wildman–Crippen MR) is 84.9 cm³/mol. The lowest BCUT2D eigenvalue weighted by atomic mass is 9.98. The van der Waals surface area contributed by atoms with Crippen LogP contribution in [-0.2, 0) is 0 Å². The van der Waals surface area contributed by atoms with Gasteiger partial charge >= 0.3 is 0 Å². The van der Waals surface area contributed by atoms with Crippen molar-refractivity contribution in [1.82, 2.24) is 0 Å². The van der Waals surface area contributed by atoms with Crippen LogP contribution in [0.15, 0.2) is 40.9 Å². The van der Waals surface area contributed by atoms with Crippen LogP contribution in [0.3, 0.4) is 0 Å². The van der Waals surface area contributed by atoms with E-state index in [9.17, 15) is 4.79 Å². The zero-order valence-electron chi connectivity index (χ0n) is 11.2. The highest BCUT2D eigenvalue weighted by Crippen LogP contribution is 2.27. The van der Waals surface area contributed by atoms with Crippen molar-refractivity contribution >= 4 is 33.3 Å². The average Bonchev–Trinajstić information content (AvgIpc) is 2.40. The summed E-state index contributed by atoms with van der Waals surface area (Å²) in [5.74, 6) is 0.527. The molecule has 2 nitrogen and oxygen atoms in total. The molecule has 0 spiro atoms. The first-order valence-corrected chi connectivity index (χ1v) is 7.43. The summed E-state index contributed by atoms with van der Waals surface area (Å²) >= 11 is 9.32. The second kappa shape index (κ2) is 6.42. The molecule has 0 atom stereocenters. The van der Waals surface area contributed by atoms with Crippen LogP contribution >= 0.6 is 27.5 Å². The van der Waals surface area contributed by atoms with Gasteiger partial charge in [-0.3, -0.25) is 4.79 Å². The summed E-state index contributed by atoms with van der Waals surface area (Å²) in [6, 6.07) is 10.7. The summed E-state index contributed by atoms with van der Waals surface area (Å²) < 4.78 is 6.37. The highest BCUT2D eigenvalue weighted by Gasteiger charge is 2.17. The number of rotatable bonds is 4. The van der Waals surface area contributed by atoms with Crippen molar-refractivity contribution in [3.8, 4) is 5.75 Å². The van der Waals surface area contributed by atoms with Gasteiger partial charge in [0.15, 0.2) is 5.78 Å². The zero-order chi connectivity index (χ0) is 14.7. The highest BCUT2D eigenvalue weighted by atomic mass is 79.9. The predicted octanol–water partition coefficient (Wildman–Crippen LogP) is 5.04. The zero-order valence-corrected chi connectivity index (χ0v) is 13.6. The number of benzene rings is 2. The van der Waals surface area contributed by atoms with Crippen molar-refractivity contribution in [3.63, 3.8) is 0 Å². The van der Waals surface area contributed by atoms with Crippen molar-refractivity contribution in [1.29, 1.82) is 0 Å². The molecule has 4 heteroatoms. The number of hydrogen-bond donors (Lipinski definition) is 0. The van der Waals surface area contributed by atoms with E-state index in [1.54, 1.807) is 30.3 Å². The number of ether oxygens (including phenoxy) is 1. The van der Waals surface area contributed by atoms with Crippen molar-refractivity contribution in [2.75, 3.05) is 6.61 Å². The SMILES string of the molecule is CCOc1ccc(Br)cc1C(=O)c1ccc(Cl)cc1C. The van der Waals surface area contributed by atoms with Gasteiger partial charge in [-0.1, -0.05) is 27.5 Å². The molecule has 2 aromatic rings. The first-order chi connectivity index (χ1) is 9.52. The van der Waals surface area contributed by atoms with Gasteiger partial charge < -0.3 is 4.74 Å². The molecule has 0 N–H and O–H groups in total. The quantitative estimate of drug-likeness (QED) is 0.720. The molecule has 0 aliphatic carbocycles. The van der Waals surface area contributed by atoms with Gasteiger partial charge in [0.2, 0.25) is 0 Å². The Hall–Kier alpha value is -1.32. The molecule has 0 bridgehead atoms. The molecule has 2 aromatic carbocycles. The molecule has 20 heavy (non-hydrogen) atoms. The van der Waals surface area contributed by atoms with Crippen molar-refractivity contribution in [2.24, 2.45) is 0 Å². The van der Waals surface area contributed by atoms with Gasteiger partial charge in [-0.2, -0.15) is 0 Å². The van der Waals surface area contributed by atoms with E-state index < -0.39 is 0 Å². The van der Waals surface area contributed by atoms with Gasteiger partial charge in [0.1, 0.15) is 5.75 Å². The van der Waals surface area contributed by atoms with Crippen LogP contribution in [0.1, 0.15) is 28.4 Å². The summed E-state index contributed by atoms with van der Waals surface area (Å²) in [6.07, 6.45) is 0. The van der Waals surface area contributed by atoms with Gasteiger partial charge in [-0.25, -0.2) is 0 Å². The van der Waals surface area contributed by atoms with Crippen molar-refractivity contribution in [3.05, 3.63) is 62.6 Å². The third-order valence-corrected chi connectivity index (χ3v) is 3.65. The Morgan fingerprint density at radius 1 is 1.20 bits per heavy atom. The lowest BCUT2D eigenvalue weighted by Gasteiger charge is -2.11. The Labute approximate surface area is 131 Å². The van der Waals surface area contributed by atoms with Crippen LogP contribution in [0.2, 0.25) is 5.02 Å². The molecule has 0 fully saturated rings. The van der Waals surface area contributed by atoms with Crippen molar-refractivity contribution < 1.29 is 9.53 Å². The van der Waals surface area contributed by atoms with E-state index in [0.717, 1.165) is 10.0 Å². The van der Waals surface area contributed by atoms with E-state index >= 15 is 0 Å². The smallest absolute Gasteiger partial charge is 0.197 e. The summed E-state index contributed by atoms with van der Waals surface area (Å²) in [5, 5.41) is 0.623. The maximum atomic E-state index is 12.7. The second-order valence-corrected chi connectivity index (χ2v) is 5.71. The Balaban J connectivity index is 2.49. The minimum absolute atomic E-state index is 0.0658. The Morgan fingerprint density at radius 2 is 1.95 bits per heavy atom. The third-order valence-electron chi connectivity index (χ3n) is 2.92. The molecule has 0 aromatic heterocycles. The molecular formula is C16H14BrClO2. The summed E-state index contributed by atoms with van der Waals surface area (Å²) in [4.78, 5) is 12.7. The standard InChI is InChI=1S/C16H14BrClO2/c1-3-20-15-7-4-11(17)9-14(15)16(19)13-6-5-12(18)8-10(13)2/h4-9H,3H2,1-2H3. The normalized spacial score (nSPS) is 10.4. The Morgan fingerprint density at radius 3 is 2.60 bits per heavy atom. The van der Waals surface area contributed by atoms with E-state index in [0.29, 0.717) is 28.5 Å². The number of hydrogen-bond acceptors (Lipinski definition) is 2. The second-order valence-electron chi connectivity index (χ2n) is 4.36. The molecule has 0 heterocycles. The number of carbonyl (C=O) groups excluding carboxylic acids is 1. The molecule has 0 amide bonds. The molecule has 0 saturated carbocycles. The Kier molecular flexibility index (Phi) is 4.84. The maximum absolute atomic E-state index is 12.7. The summed E-state index contributed by atoms with van der Waals surface area (Å²) in [7, 11) is 0. The number of aryl methyl sites for hydroxylation is 1. The minimum atomic E-state index is -0.0658. The first-order valence-electron chi connectivity index (χ1n) is 6.26. The fraction of sp³-hybridized carbons (Fsp3) is 0.188. The van der Waals surface area contributed by atoms with Crippen LogP contribution in [0.5, 0.6) is 5.75 Å².